The third kappa shape index (κ3) is 3.46. The van der Waals surface area contributed by atoms with Crippen molar-refractivity contribution in [1.82, 2.24) is 4.90 Å². The number of hydrogen-bond acceptors (Lipinski definition) is 3. The molecule has 0 aliphatic carbocycles. The molecule has 18 heavy (non-hydrogen) atoms. The largest absolute Gasteiger partial charge is 0.370 e. The number of likely N-dealkylation sites (N-methyl/N-ethyl adjacent to an activating group) is 1. The van der Waals surface area contributed by atoms with Crippen LogP contribution in [0.5, 0.6) is 0 Å². The first-order valence-corrected chi connectivity index (χ1v) is 7.42. The molecular formula is C14H22BrN3. The van der Waals surface area contributed by atoms with E-state index in [0.29, 0.717) is 6.54 Å². The highest BCUT2D eigenvalue weighted by atomic mass is 79.9. The van der Waals surface area contributed by atoms with Gasteiger partial charge in [-0.2, -0.15) is 0 Å². The van der Waals surface area contributed by atoms with E-state index in [1.807, 2.05) is 0 Å². The Kier molecular flexibility index (Phi) is 5.03. The highest BCUT2D eigenvalue weighted by Gasteiger charge is 2.13. The predicted molar refractivity (Wildman–Crippen MR) is 81.2 cm³/mol. The Morgan fingerprint density at radius 3 is 2.78 bits per heavy atom. The van der Waals surface area contributed by atoms with Crippen LogP contribution < -0.4 is 10.6 Å². The zero-order valence-corrected chi connectivity index (χ0v) is 12.6. The summed E-state index contributed by atoms with van der Waals surface area (Å²) in [6.07, 6.45) is 2.17. The fraction of sp³-hybridized carbons (Fsp3) is 0.571. The molecule has 0 atom stereocenters. The molecule has 1 fully saturated rings. The summed E-state index contributed by atoms with van der Waals surface area (Å²) in [5.74, 6) is 0. The summed E-state index contributed by atoms with van der Waals surface area (Å²) in [6, 6.07) is 6.65. The number of hydrogen-bond donors (Lipinski definition) is 1. The number of halogens is 1. The minimum Gasteiger partial charge on any atom is -0.370 e. The Balaban J connectivity index is 2.10. The van der Waals surface area contributed by atoms with Crippen LogP contribution in [0.1, 0.15) is 12.0 Å². The molecule has 100 valence electrons. The van der Waals surface area contributed by atoms with Crippen molar-refractivity contribution < 1.29 is 0 Å². The summed E-state index contributed by atoms with van der Waals surface area (Å²) in [4.78, 5) is 4.87. The van der Waals surface area contributed by atoms with Gasteiger partial charge < -0.3 is 15.5 Å². The van der Waals surface area contributed by atoms with E-state index in [-0.39, 0.29) is 0 Å². The van der Waals surface area contributed by atoms with Crippen LogP contribution in [0.2, 0.25) is 0 Å². The first-order chi connectivity index (χ1) is 8.70. The van der Waals surface area contributed by atoms with Crippen molar-refractivity contribution in [2.75, 3.05) is 44.7 Å². The second-order valence-corrected chi connectivity index (χ2v) is 5.81. The zero-order valence-electron chi connectivity index (χ0n) is 11.0. The van der Waals surface area contributed by atoms with Crippen LogP contribution in [0.4, 0.5) is 5.69 Å². The molecular weight excluding hydrogens is 290 g/mol. The maximum atomic E-state index is 5.61. The first-order valence-electron chi connectivity index (χ1n) is 6.62. The van der Waals surface area contributed by atoms with Crippen LogP contribution in [0.15, 0.2) is 22.7 Å². The monoisotopic (exact) mass is 311 g/mol. The summed E-state index contributed by atoms with van der Waals surface area (Å²) in [7, 11) is 2.20. The van der Waals surface area contributed by atoms with E-state index in [9.17, 15) is 0 Å². The number of rotatable bonds is 3. The Morgan fingerprint density at radius 1 is 1.22 bits per heavy atom. The van der Waals surface area contributed by atoms with Gasteiger partial charge in [-0.05, 0) is 50.7 Å². The van der Waals surface area contributed by atoms with Crippen LogP contribution in [-0.4, -0.2) is 44.7 Å². The summed E-state index contributed by atoms with van der Waals surface area (Å²) in [5, 5.41) is 0. The SMILES string of the molecule is CN1CCCN(c2ccc(CCN)c(Br)c2)CC1. The number of benzene rings is 1. The molecule has 1 heterocycles. The lowest BCUT2D eigenvalue weighted by molar-refractivity contribution is 0.360. The summed E-state index contributed by atoms with van der Waals surface area (Å²) < 4.78 is 1.18. The Hall–Kier alpha value is -0.580. The molecule has 4 heteroatoms. The van der Waals surface area contributed by atoms with Crippen LogP contribution in [0.25, 0.3) is 0 Å². The lowest BCUT2D eigenvalue weighted by Gasteiger charge is -2.23. The quantitative estimate of drug-likeness (QED) is 0.928. The fourth-order valence-electron chi connectivity index (χ4n) is 2.40. The smallest absolute Gasteiger partial charge is 0.0378 e. The van der Waals surface area contributed by atoms with Gasteiger partial charge in [0.2, 0.25) is 0 Å². The normalized spacial score (nSPS) is 17.8. The second-order valence-electron chi connectivity index (χ2n) is 4.96. The van der Waals surface area contributed by atoms with Crippen molar-refractivity contribution in [2.24, 2.45) is 5.73 Å². The fourth-order valence-corrected chi connectivity index (χ4v) is 2.96. The van der Waals surface area contributed by atoms with Gasteiger partial charge >= 0.3 is 0 Å². The van der Waals surface area contributed by atoms with E-state index in [0.717, 1.165) is 26.1 Å². The van der Waals surface area contributed by atoms with E-state index in [1.54, 1.807) is 0 Å². The number of nitrogens with zero attached hydrogens (tertiary/aromatic N) is 2. The molecule has 3 nitrogen and oxygen atoms in total. The third-order valence-corrected chi connectivity index (χ3v) is 4.27. The standard InChI is InChI=1S/C14H22BrN3/c1-17-7-2-8-18(10-9-17)13-4-3-12(5-6-16)14(15)11-13/h3-4,11H,2,5-10,16H2,1H3. The lowest BCUT2D eigenvalue weighted by atomic mass is 10.1. The van der Waals surface area contributed by atoms with Crippen molar-refractivity contribution in [3.63, 3.8) is 0 Å². The van der Waals surface area contributed by atoms with Gasteiger partial charge in [0.1, 0.15) is 0 Å². The molecule has 1 saturated heterocycles. The van der Waals surface area contributed by atoms with E-state index >= 15 is 0 Å². The van der Waals surface area contributed by atoms with Gasteiger partial charge in [-0.15, -0.1) is 0 Å². The average Bonchev–Trinajstić information content (AvgIpc) is 2.57. The minimum atomic E-state index is 0.701. The third-order valence-electron chi connectivity index (χ3n) is 3.53. The summed E-state index contributed by atoms with van der Waals surface area (Å²) in [5.41, 5.74) is 8.23. The van der Waals surface area contributed by atoms with Crippen LogP contribution in [-0.2, 0) is 6.42 Å². The Bertz CT molecular complexity index is 395. The molecule has 0 saturated carbocycles. The topological polar surface area (TPSA) is 32.5 Å². The van der Waals surface area contributed by atoms with E-state index < -0.39 is 0 Å². The highest BCUT2D eigenvalue weighted by molar-refractivity contribution is 9.10. The molecule has 2 rings (SSSR count). The molecule has 0 radical (unpaired) electrons. The maximum Gasteiger partial charge on any atom is 0.0378 e. The van der Waals surface area contributed by atoms with Crippen molar-refractivity contribution in [1.29, 1.82) is 0 Å². The Labute approximate surface area is 118 Å². The van der Waals surface area contributed by atoms with Crippen LogP contribution in [0.3, 0.4) is 0 Å². The number of anilines is 1. The molecule has 0 bridgehead atoms. The zero-order chi connectivity index (χ0) is 13.0. The molecule has 1 aliphatic rings. The maximum absolute atomic E-state index is 5.61. The minimum absolute atomic E-state index is 0.701. The van der Waals surface area contributed by atoms with Crippen molar-refractivity contribution in [3.05, 3.63) is 28.2 Å². The van der Waals surface area contributed by atoms with Gasteiger partial charge in [-0.1, -0.05) is 22.0 Å². The molecule has 2 N–H and O–H groups in total. The second kappa shape index (κ2) is 6.55. The van der Waals surface area contributed by atoms with E-state index in [1.165, 1.54) is 28.7 Å². The molecule has 0 aromatic heterocycles. The molecule has 1 aromatic rings. The molecule has 0 spiro atoms. The van der Waals surface area contributed by atoms with Gasteiger partial charge in [-0.25, -0.2) is 0 Å². The van der Waals surface area contributed by atoms with Gasteiger partial charge in [0, 0.05) is 29.8 Å². The van der Waals surface area contributed by atoms with Crippen LogP contribution in [0, 0.1) is 0 Å². The highest BCUT2D eigenvalue weighted by Crippen LogP contribution is 2.25. The van der Waals surface area contributed by atoms with Crippen molar-refractivity contribution >= 4 is 21.6 Å². The molecule has 1 aromatic carbocycles. The first kappa shape index (κ1) is 13.8. The average molecular weight is 312 g/mol. The lowest BCUT2D eigenvalue weighted by Crippen LogP contribution is -2.28. The van der Waals surface area contributed by atoms with Crippen molar-refractivity contribution in [2.45, 2.75) is 12.8 Å². The van der Waals surface area contributed by atoms with E-state index in [2.05, 4.69) is 51.0 Å². The van der Waals surface area contributed by atoms with Gasteiger partial charge in [-0.3, -0.25) is 0 Å². The van der Waals surface area contributed by atoms with E-state index in [4.69, 9.17) is 5.73 Å². The van der Waals surface area contributed by atoms with Crippen LogP contribution >= 0.6 is 15.9 Å². The van der Waals surface area contributed by atoms with Gasteiger partial charge in [0.15, 0.2) is 0 Å². The molecule has 0 unspecified atom stereocenters. The van der Waals surface area contributed by atoms with Gasteiger partial charge in [0.25, 0.3) is 0 Å². The Morgan fingerprint density at radius 2 is 2.06 bits per heavy atom. The van der Waals surface area contributed by atoms with Crippen molar-refractivity contribution in [3.8, 4) is 0 Å². The number of nitrogens with two attached hydrogens (primary N) is 1. The summed E-state index contributed by atoms with van der Waals surface area (Å²) >= 11 is 3.65. The molecule has 1 aliphatic heterocycles. The summed E-state index contributed by atoms with van der Waals surface area (Å²) in [6.45, 7) is 5.30. The van der Waals surface area contributed by atoms with Gasteiger partial charge in [0.05, 0.1) is 0 Å². The predicted octanol–water partition coefficient (Wildman–Crippen LogP) is 2.09. The molecule has 0 amide bonds.